The Balaban J connectivity index is 2.19. The quantitative estimate of drug-likeness (QED) is 0.833. The van der Waals surface area contributed by atoms with Crippen LogP contribution >= 0.6 is 11.6 Å². The topological polar surface area (TPSA) is 66.9 Å². The van der Waals surface area contributed by atoms with E-state index in [1.54, 1.807) is 18.2 Å². The van der Waals surface area contributed by atoms with Crippen molar-refractivity contribution in [1.29, 1.82) is 0 Å². The molecule has 0 saturated heterocycles. The van der Waals surface area contributed by atoms with Crippen LogP contribution in [-0.2, 0) is 0 Å². The summed E-state index contributed by atoms with van der Waals surface area (Å²) in [6.45, 7) is 5.89. The summed E-state index contributed by atoms with van der Waals surface area (Å²) in [5.74, 6) is 0.252. The maximum Gasteiger partial charge on any atom is 0.270 e. The summed E-state index contributed by atoms with van der Waals surface area (Å²) in [4.78, 5) is 19.9. The largest absolute Gasteiger partial charge is 0.347 e. The minimum absolute atomic E-state index is 0.275. The molecule has 0 fully saturated rings. The van der Waals surface area contributed by atoms with E-state index in [2.05, 4.69) is 27.2 Å². The van der Waals surface area contributed by atoms with E-state index in [4.69, 9.17) is 11.6 Å². The number of carbonyl (C=O) groups is 1. The van der Waals surface area contributed by atoms with Crippen LogP contribution in [0.4, 0.5) is 11.5 Å². The van der Waals surface area contributed by atoms with Crippen molar-refractivity contribution in [3.63, 3.8) is 0 Å². The molecule has 2 rings (SSSR count). The first-order chi connectivity index (χ1) is 10.1. The molecule has 0 aliphatic carbocycles. The fourth-order valence-corrected chi connectivity index (χ4v) is 1.84. The van der Waals surface area contributed by atoms with E-state index < -0.39 is 0 Å². The van der Waals surface area contributed by atoms with Gasteiger partial charge in [-0.25, -0.2) is 9.97 Å². The third kappa shape index (κ3) is 4.03. The molecule has 1 amide bonds. The molecular weight excluding hydrogens is 288 g/mol. The fraction of sp³-hybridized carbons (Fsp3) is 0.133. The van der Waals surface area contributed by atoms with Crippen molar-refractivity contribution in [3.8, 4) is 0 Å². The fourth-order valence-electron chi connectivity index (χ4n) is 1.67. The van der Waals surface area contributed by atoms with E-state index in [1.165, 1.54) is 6.33 Å². The lowest BCUT2D eigenvalue weighted by molar-refractivity contribution is 0.0953. The summed E-state index contributed by atoms with van der Waals surface area (Å²) in [6.07, 6.45) is 2.94. The third-order valence-electron chi connectivity index (χ3n) is 2.77. The Morgan fingerprint density at radius 2 is 2.19 bits per heavy atom. The van der Waals surface area contributed by atoms with Gasteiger partial charge >= 0.3 is 0 Å². The molecule has 1 aromatic carbocycles. The summed E-state index contributed by atoms with van der Waals surface area (Å²) >= 11 is 5.98. The van der Waals surface area contributed by atoms with Crippen LogP contribution in [0, 0.1) is 6.92 Å². The number of aromatic nitrogens is 2. The van der Waals surface area contributed by atoms with Crippen LogP contribution in [0.15, 0.2) is 43.2 Å². The summed E-state index contributed by atoms with van der Waals surface area (Å²) in [5, 5.41) is 6.42. The molecule has 0 spiro atoms. The van der Waals surface area contributed by atoms with E-state index in [0.717, 1.165) is 11.3 Å². The molecule has 1 heterocycles. The van der Waals surface area contributed by atoms with Crippen molar-refractivity contribution in [3.05, 3.63) is 59.5 Å². The first-order valence-corrected chi connectivity index (χ1v) is 6.72. The number of rotatable bonds is 5. The Morgan fingerprint density at radius 1 is 1.38 bits per heavy atom. The predicted molar refractivity (Wildman–Crippen MR) is 84.0 cm³/mol. The number of nitrogens with one attached hydrogen (secondary N) is 2. The summed E-state index contributed by atoms with van der Waals surface area (Å²) in [5.41, 5.74) is 2.14. The smallest absolute Gasteiger partial charge is 0.270 e. The first-order valence-electron chi connectivity index (χ1n) is 6.34. The maximum absolute atomic E-state index is 11.8. The minimum Gasteiger partial charge on any atom is -0.347 e. The number of amides is 1. The highest BCUT2D eigenvalue weighted by Gasteiger charge is 2.08. The van der Waals surface area contributed by atoms with Crippen LogP contribution in [-0.4, -0.2) is 22.4 Å². The molecule has 2 N–H and O–H groups in total. The normalized spacial score (nSPS) is 10.0. The van der Waals surface area contributed by atoms with Gasteiger partial charge in [0, 0.05) is 23.3 Å². The summed E-state index contributed by atoms with van der Waals surface area (Å²) in [7, 11) is 0. The Morgan fingerprint density at radius 3 is 2.95 bits per heavy atom. The van der Waals surface area contributed by atoms with Gasteiger partial charge in [0.15, 0.2) is 0 Å². The number of nitrogens with zero attached hydrogens (tertiary/aromatic N) is 2. The van der Waals surface area contributed by atoms with Gasteiger partial charge in [-0.15, -0.1) is 6.58 Å². The van der Waals surface area contributed by atoms with Crippen molar-refractivity contribution in [2.24, 2.45) is 0 Å². The average molecular weight is 303 g/mol. The van der Waals surface area contributed by atoms with Gasteiger partial charge in [-0.3, -0.25) is 4.79 Å². The van der Waals surface area contributed by atoms with E-state index >= 15 is 0 Å². The minimum atomic E-state index is -0.275. The molecule has 21 heavy (non-hydrogen) atoms. The highest BCUT2D eigenvalue weighted by atomic mass is 35.5. The Hall–Kier alpha value is -2.40. The second kappa shape index (κ2) is 6.85. The number of hydrogen-bond acceptors (Lipinski definition) is 4. The van der Waals surface area contributed by atoms with Crippen molar-refractivity contribution in [2.45, 2.75) is 6.92 Å². The van der Waals surface area contributed by atoms with Crippen molar-refractivity contribution < 1.29 is 4.79 Å². The van der Waals surface area contributed by atoms with Crippen LogP contribution in [0.5, 0.6) is 0 Å². The number of aryl methyl sites for hydroxylation is 1. The van der Waals surface area contributed by atoms with Crippen molar-refractivity contribution >= 4 is 29.0 Å². The standard InChI is InChI=1S/C15H15ClN4O/c1-3-6-17-15(21)13-8-14(19-9-18-13)20-12-7-11(16)5-4-10(12)2/h3-5,7-9H,1,6H2,2H3,(H,17,21)(H,18,19,20). The summed E-state index contributed by atoms with van der Waals surface area (Å²) < 4.78 is 0. The molecule has 0 saturated carbocycles. The number of halogens is 1. The van der Waals surface area contributed by atoms with Gasteiger partial charge in [0.2, 0.25) is 0 Å². The Bertz CT molecular complexity index is 672. The van der Waals surface area contributed by atoms with Gasteiger partial charge in [-0.05, 0) is 24.6 Å². The molecule has 0 atom stereocenters. The lowest BCUT2D eigenvalue weighted by Crippen LogP contribution is -2.24. The molecule has 0 radical (unpaired) electrons. The van der Waals surface area contributed by atoms with E-state index in [-0.39, 0.29) is 11.6 Å². The van der Waals surface area contributed by atoms with Gasteiger partial charge in [-0.1, -0.05) is 23.7 Å². The van der Waals surface area contributed by atoms with Crippen LogP contribution < -0.4 is 10.6 Å². The van der Waals surface area contributed by atoms with Gasteiger partial charge in [0.1, 0.15) is 17.8 Å². The lowest BCUT2D eigenvalue weighted by Gasteiger charge is -2.10. The van der Waals surface area contributed by atoms with Crippen LogP contribution in [0.25, 0.3) is 0 Å². The van der Waals surface area contributed by atoms with E-state index in [0.29, 0.717) is 17.4 Å². The molecular formula is C15H15ClN4O. The van der Waals surface area contributed by atoms with Crippen LogP contribution in [0.3, 0.4) is 0 Å². The zero-order valence-corrected chi connectivity index (χ0v) is 12.3. The third-order valence-corrected chi connectivity index (χ3v) is 3.00. The number of hydrogen-bond donors (Lipinski definition) is 2. The van der Waals surface area contributed by atoms with Crippen LogP contribution in [0.1, 0.15) is 16.1 Å². The molecule has 0 aliphatic rings. The molecule has 2 aromatic rings. The molecule has 1 aromatic heterocycles. The molecule has 5 nitrogen and oxygen atoms in total. The second-order valence-corrected chi connectivity index (χ2v) is 4.81. The van der Waals surface area contributed by atoms with E-state index in [9.17, 15) is 4.79 Å². The van der Waals surface area contributed by atoms with Gasteiger partial charge in [-0.2, -0.15) is 0 Å². The van der Waals surface area contributed by atoms with Crippen LogP contribution in [0.2, 0.25) is 5.02 Å². The van der Waals surface area contributed by atoms with Gasteiger partial charge in [0.05, 0.1) is 0 Å². The predicted octanol–water partition coefficient (Wildman–Crippen LogP) is 3.10. The Labute approximate surface area is 128 Å². The average Bonchev–Trinajstić information content (AvgIpc) is 2.49. The number of anilines is 2. The van der Waals surface area contributed by atoms with E-state index in [1.807, 2.05) is 19.1 Å². The second-order valence-electron chi connectivity index (χ2n) is 4.37. The molecule has 6 heteroatoms. The monoisotopic (exact) mass is 302 g/mol. The molecule has 0 aliphatic heterocycles. The zero-order chi connectivity index (χ0) is 15.2. The van der Waals surface area contributed by atoms with Gasteiger partial charge in [0.25, 0.3) is 5.91 Å². The van der Waals surface area contributed by atoms with Crippen molar-refractivity contribution in [2.75, 3.05) is 11.9 Å². The summed E-state index contributed by atoms with van der Waals surface area (Å²) in [6, 6.07) is 7.11. The first kappa shape index (κ1) is 15.0. The zero-order valence-electron chi connectivity index (χ0n) is 11.6. The van der Waals surface area contributed by atoms with Crippen molar-refractivity contribution in [1.82, 2.24) is 15.3 Å². The highest BCUT2D eigenvalue weighted by molar-refractivity contribution is 6.30. The molecule has 0 bridgehead atoms. The molecule has 108 valence electrons. The van der Waals surface area contributed by atoms with Gasteiger partial charge < -0.3 is 10.6 Å². The molecule has 0 unspecified atom stereocenters. The number of benzene rings is 1. The number of carbonyl (C=O) groups excluding carboxylic acids is 1. The SMILES string of the molecule is C=CCNC(=O)c1cc(Nc2cc(Cl)ccc2C)ncn1. The lowest BCUT2D eigenvalue weighted by atomic mass is 10.2. The maximum atomic E-state index is 11.8. The Kier molecular flexibility index (Phi) is 4.90. The highest BCUT2D eigenvalue weighted by Crippen LogP contribution is 2.23.